The second kappa shape index (κ2) is 5.99. The van der Waals surface area contributed by atoms with Crippen molar-refractivity contribution in [3.8, 4) is 5.75 Å². The van der Waals surface area contributed by atoms with Gasteiger partial charge in [-0.05, 0) is 55.4 Å². The summed E-state index contributed by atoms with van der Waals surface area (Å²) in [5, 5.41) is 12.7. The normalized spacial score (nSPS) is 10.6. The van der Waals surface area contributed by atoms with Crippen LogP contribution in [0.3, 0.4) is 0 Å². The average Bonchev–Trinajstić information content (AvgIpc) is 2.36. The number of nitrogens with two attached hydrogens (primary N) is 1. The number of anilines is 1. The van der Waals surface area contributed by atoms with Crippen LogP contribution in [0.2, 0.25) is 0 Å². The molecule has 0 unspecified atom stereocenters. The second-order valence-corrected chi connectivity index (χ2v) is 5.55. The zero-order chi connectivity index (χ0) is 13.8. The molecule has 0 aliphatic rings. The Morgan fingerprint density at radius 3 is 2.58 bits per heavy atom. The molecule has 0 atom stereocenters. The van der Waals surface area contributed by atoms with Crippen molar-refractivity contribution < 1.29 is 5.11 Å². The summed E-state index contributed by atoms with van der Waals surface area (Å²) in [5.41, 5.74) is 9.04. The van der Waals surface area contributed by atoms with Gasteiger partial charge in [-0.25, -0.2) is 0 Å². The lowest BCUT2D eigenvalue weighted by Crippen LogP contribution is -2.06. The van der Waals surface area contributed by atoms with E-state index in [2.05, 4.69) is 11.4 Å². The van der Waals surface area contributed by atoms with Gasteiger partial charge in [-0.15, -0.1) is 0 Å². The van der Waals surface area contributed by atoms with Gasteiger partial charge in [0.25, 0.3) is 0 Å². The molecule has 0 radical (unpaired) electrons. The molecule has 100 valence electrons. The fourth-order valence-corrected chi connectivity index (χ4v) is 2.82. The molecule has 2 aromatic rings. The van der Waals surface area contributed by atoms with Gasteiger partial charge < -0.3 is 16.2 Å². The summed E-state index contributed by atoms with van der Waals surface area (Å²) >= 11 is 1.62. The Labute approximate surface area is 117 Å². The molecule has 0 amide bonds. The molecule has 0 spiro atoms. The van der Waals surface area contributed by atoms with Crippen molar-refractivity contribution in [2.24, 2.45) is 0 Å². The minimum absolute atomic E-state index is 0.284. The number of aromatic hydroxyl groups is 1. The number of rotatable bonds is 4. The number of benzene rings is 2. The summed E-state index contributed by atoms with van der Waals surface area (Å²) in [4.78, 5) is 2.14. The van der Waals surface area contributed by atoms with Crippen molar-refractivity contribution >= 4 is 17.4 Å². The minimum Gasteiger partial charge on any atom is -0.508 e. The number of nitrogens with one attached hydrogen (secondary N) is 1. The molecule has 2 aromatic carbocycles. The maximum Gasteiger partial charge on any atom is 0.115 e. The predicted molar refractivity (Wildman–Crippen MR) is 80.6 cm³/mol. The van der Waals surface area contributed by atoms with Crippen LogP contribution in [0.5, 0.6) is 5.75 Å². The van der Waals surface area contributed by atoms with E-state index in [-0.39, 0.29) is 5.75 Å². The molecule has 0 aliphatic heterocycles. The second-order valence-electron chi connectivity index (χ2n) is 4.47. The van der Waals surface area contributed by atoms with Gasteiger partial charge in [0.15, 0.2) is 0 Å². The summed E-state index contributed by atoms with van der Waals surface area (Å²) in [7, 11) is 1.89. The molecule has 3 nitrogen and oxygen atoms in total. The molecule has 4 N–H and O–H groups in total. The van der Waals surface area contributed by atoms with Crippen LogP contribution in [-0.2, 0) is 6.54 Å². The van der Waals surface area contributed by atoms with Gasteiger partial charge in [0, 0.05) is 22.0 Å². The van der Waals surface area contributed by atoms with E-state index >= 15 is 0 Å². The number of hydrogen-bond donors (Lipinski definition) is 3. The first-order chi connectivity index (χ1) is 9.10. The number of phenols is 1. The first-order valence-corrected chi connectivity index (χ1v) is 6.92. The summed E-state index contributed by atoms with van der Waals surface area (Å²) in [6.07, 6.45) is 0. The average molecular weight is 274 g/mol. The topological polar surface area (TPSA) is 58.3 Å². The highest BCUT2D eigenvalue weighted by Gasteiger charge is 2.07. The Morgan fingerprint density at radius 2 is 1.89 bits per heavy atom. The van der Waals surface area contributed by atoms with Crippen LogP contribution in [0, 0.1) is 6.92 Å². The molecule has 0 heterocycles. The van der Waals surface area contributed by atoms with Gasteiger partial charge in [-0.2, -0.15) is 0 Å². The van der Waals surface area contributed by atoms with Gasteiger partial charge in [-0.1, -0.05) is 17.8 Å². The Balaban J connectivity index is 2.32. The van der Waals surface area contributed by atoms with Gasteiger partial charge in [-0.3, -0.25) is 0 Å². The Bertz CT molecular complexity index is 584. The Hall–Kier alpha value is -1.65. The van der Waals surface area contributed by atoms with Crippen molar-refractivity contribution in [2.75, 3.05) is 12.8 Å². The first kappa shape index (κ1) is 13.8. The molecule has 0 saturated heterocycles. The van der Waals surface area contributed by atoms with Crippen LogP contribution in [0.1, 0.15) is 11.1 Å². The SMILES string of the molecule is CNCc1cc(O)ccc1Sc1ccc(C)cc1N. The van der Waals surface area contributed by atoms with Gasteiger partial charge >= 0.3 is 0 Å². The van der Waals surface area contributed by atoms with E-state index in [1.165, 1.54) is 0 Å². The number of aryl methyl sites for hydroxylation is 1. The molecule has 19 heavy (non-hydrogen) atoms. The predicted octanol–water partition coefficient (Wildman–Crippen LogP) is 3.15. The van der Waals surface area contributed by atoms with E-state index in [0.29, 0.717) is 6.54 Å². The third-order valence-electron chi connectivity index (χ3n) is 2.80. The Morgan fingerprint density at radius 1 is 1.16 bits per heavy atom. The van der Waals surface area contributed by atoms with Crippen molar-refractivity contribution in [2.45, 2.75) is 23.3 Å². The summed E-state index contributed by atoms with van der Waals surface area (Å²) in [6.45, 7) is 2.74. The third-order valence-corrected chi connectivity index (χ3v) is 4.01. The van der Waals surface area contributed by atoms with Gasteiger partial charge in [0.1, 0.15) is 5.75 Å². The number of nitrogen functional groups attached to an aromatic ring is 1. The largest absolute Gasteiger partial charge is 0.508 e. The first-order valence-electron chi connectivity index (χ1n) is 6.10. The summed E-state index contributed by atoms with van der Waals surface area (Å²) in [6, 6.07) is 11.5. The summed E-state index contributed by atoms with van der Waals surface area (Å²) in [5.74, 6) is 0.284. The van der Waals surface area contributed by atoms with E-state index in [9.17, 15) is 5.11 Å². The quantitative estimate of drug-likeness (QED) is 0.750. The van der Waals surface area contributed by atoms with Gasteiger partial charge in [0.05, 0.1) is 0 Å². The van der Waals surface area contributed by atoms with Crippen LogP contribution >= 0.6 is 11.8 Å². The smallest absolute Gasteiger partial charge is 0.115 e. The molecule has 4 heteroatoms. The molecule has 0 aliphatic carbocycles. The highest BCUT2D eigenvalue weighted by Crippen LogP contribution is 2.35. The van der Waals surface area contributed by atoms with E-state index in [0.717, 1.165) is 26.6 Å². The highest BCUT2D eigenvalue weighted by molar-refractivity contribution is 7.99. The molecule has 2 rings (SSSR count). The van der Waals surface area contributed by atoms with Crippen molar-refractivity contribution in [1.82, 2.24) is 5.32 Å². The molecule has 0 aromatic heterocycles. The van der Waals surface area contributed by atoms with Crippen LogP contribution in [-0.4, -0.2) is 12.2 Å². The zero-order valence-electron chi connectivity index (χ0n) is 11.1. The molecular formula is C15H18N2OS. The molecular weight excluding hydrogens is 256 g/mol. The van der Waals surface area contributed by atoms with E-state index in [1.807, 2.05) is 32.2 Å². The van der Waals surface area contributed by atoms with Gasteiger partial charge in [0.2, 0.25) is 0 Å². The van der Waals surface area contributed by atoms with E-state index in [1.54, 1.807) is 23.9 Å². The van der Waals surface area contributed by atoms with E-state index in [4.69, 9.17) is 5.73 Å². The maximum absolute atomic E-state index is 9.56. The van der Waals surface area contributed by atoms with Crippen LogP contribution in [0.15, 0.2) is 46.2 Å². The molecule has 0 fully saturated rings. The lowest BCUT2D eigenvalue weighted by Gasteiger charge is -2.11. The summed E-state index contributed by atoms with van der Waals surface area (Å²) < 4.78 is 0. The van der Waals surface area contributed by atoms with Crippen LogP contribution < -0.4 is 11.1 Å². The molecule has 0 bridgehead atoms. The van der Waals surface area contributed by atoms with E-state index < -0.39 is 0 Å². The highest BCUT2D eigenvalue weighted by atomic mass is 32.2. The maximum atomic E-state index is 9.56. The van der Waals surface area contributed by atoms with Crippen LogP contribution in [0.4, 0.5) is 5.69 Å². The number of phenolic OH excluding ortho intramolecular Hbond substituents is 1. The Kier molecular flexibility index (Phi) is 4.35. The fraction of sp³-hybridized carbons (Fsp3) is 0.200. The lowest BCUT2D eigenvalue weighted by molar-refractivity contribution is 0.473. The third kappa shape index (κ3) is 3.43. The standard InChI is InChI=1S/C15H18N2OS/c1-10-3-5-15(13(16)7-10)19-14-6-4-12(18)8-11(14)9-17-2/h3-8,17-18H,9,16H2,1-2H3. The van der Waals surface area contributed by atoms with Crippen molar-refractivity contribution in [1.29, 1.82) is 0 Å². The fourth-order valence-electron chi connectivity index (χ4n) is 1.87. The minimum atomic E-state index is 0.284. The van der Waals surface area contributed by atoms with Crippen molar-refractivity contribution in [3.63, 3.8) is 0 Å². The van der Waals surface area contributed by atoms with Crippen LogP contribution in [0.25, 0.3) is 0 Å². The number of hydrogen-bond acceptors (Lipinski definition) is 4. The molecule has 0 saturated carbocycles. The monoisotopic (exact) mass is 274 g/mol. The zero-order valence-corrected chi connectivity index (χ0v) is 11.9. The van der Waals surface area contributed by atoms with Crippen molar-refractivity contribution in [3.05, 3.63) is 47.5 Å². The lowest BCUT2D eigenvalue weighted by atomic mass is 10.2.